The van der Waals surface area contributed by atoms with Crippen LogP contribution in [0.25, 0.3) is 0 Å². The Kier molecular flexibility index (Phi) is 5.49. The second kappa shape index (κ2) is 7.72. The standard InChI is InChI=1S/C19H21N3O6S/c1-28-15-7-5-14(6-8-15)21-29(26,27)16-4-2-3-13(11-16)17(23)22-10-9-19(25,12-22)18(20)24/h2-8,11,21,25H,9-10,12H2,1H3,(H2,20,24)/t19-/m1/s1. The number of hydrogen-bond acceptors (Lipinski definition) is 6. The zero-order chi connectivity index (χ0) is 21.2. The summed E-state index contributed by atoms with van der Waals surface area (Å²) < 4.78 is 32.8. The minimum Gasteiger partial charge on any atom is -0.497 e. The summed E-state index contributed by atoms with van der Waals surface area (Å²) in [7, 11) is -2.43. The Bertz CT molecular complexity index is 1040. The van der Waals surface area contributed by atoms with E-state index in [-0.39, 0.29) is 30.0 Å². The Hall–Kier alpha value is -3.11. The fraction of sp³-hybridized carbons (Fsp3) is 0.263. The molecule has 0 spiro atoms. The number of nitrogens with zero attached hydrogens (tertiary/aromatic N) is 1. The van der Waals surface area contributed by atoms with Gasteiger partial charge in [-0.05, 0) is 42.5 Å². The number of β-amino-alcohol motifs (C(OH)–C–C–N with tert-alkyl or cyclic N) is 1. The van der Waals surface area contributed by atoms with E-state index in [1.807, 2.05) is 0 Å². The summed E-state index contributed by atoms with van der Waals surface area (Å²) in [5.41, 5.74) is 3.88. The highest BCUT2D eigenvalue weighted by Crippen LogP contribution is 2.24. The number of primary amides is 1. The Morgan fingerprint density at radius 3 is 2.48 bits per heavy atom. The van der Waals surface area contributed by atoms with Crippen molar-refractivity contribution < 1.29 is 27.9 Å². The van der Waals surface area contributed by atoms with Crippen LogP contribution in [-0.2, 0) is 14.8 Å². The molecule has 10 heteroatoms. The van der Waals surface area contributed by atoms with Gasteiger partial charge in [0.1, 0.15) is 5.75 Å². The molecule has 0 bridgehead atoms. The van der Waals surface area contributed by atoms with Crippen LogP contribution in [0.4, 0.5) is 5.69 Å². The summed E-state index contributed by atoms with van der Waals surface area (Å²) in [6.45, 7) is -0.0956. The maximum atomic E-state index is 12.7. The smallest absolute Gasteiger partial charge is 0.261 e. The predicted molar refractivity (Wildman–Crippen MR) is 105 cm³/mol. The molecule has 29 heavy (non-hydrogen) atoms. The van der Waals surface area contributed by atoms with E-state index in [4.69, 9.17) is 10.5 Å². The van der Waals surface area contributed by atoms with E-state index in [1.165, 1.54) is 36.3 Å². The molecule has 2 aromatic carbocycles. The number of methoxy groups -OCH3 is 1. The van der Waals surface area contributed by atoms with Crippen LogP contribution in [0, 0.1) is 0 Å². The molecule has 1 atom stereocenters. The molecule has 0 radical (unpaired) electrons. The molecule has 1 fully saturated rings. The van der Waals surface area contributed by atoms with Crippen LogP contribution in [-0.4, -0.2) is 56.0 Å². The molecule has 1 heterocycles. The molecule has 9 nitrogen and oxygen atoms in total. The largest absolute Gasteiger partial charge is 0.497 e. The van der Waals surface area contributed by atoms with Gasteiger partial charge in [-0.1, -0.05) is 6.07 Å². The van der Waals surface area contributed by atoms with Crippen LogP contribution in [0.15, 0.2) is 53.4 Å². The number of anilines is 1. The van der Waals surface area contributed by atoms with Crippen molar-refractivity contribution in [3.63, 3.8) is 0 Å². The Labute approximate surface area is 168 Å². The number of benzene rings is 2. The van der Waals surface area contributed by atoms with Crippen molar-refractivity contribution in [2.24, 2.45) is 5.73 Å². The molecule has 1 aliphatic heterocycles. The van der Waals surface area contributed by atoms with Crippen molar-refractivity contribution in [2.45, 2.75) is 16.9 Å². The van der Waals surface area contributed by atoms with Gasteiger partial charge in [-0.25, -0.2) is 8.42 Å². The third-order valence-electron chi connectivity index (χ3n) is 4.73. The van der Waals surface area contributed by atoms with Crippen LogP contribution in [0.1, 0.15) is 16.8 Å². The number of ether oxygens (including phenoxy) is 1. The molecule has 2 aromatic rings. The second-order valence-electron chi connectivity index (χ2n) is 6.73. The molecule has 154 valence electrons. The molecule has 3 rings (SSSR count). The Morgan fingerprint density at radius 2 is 1.90 bits per heavy atom. The van der Waals surface area contributed by atoms with E-state index in [1.54, 1.807) is 24.3 Å². The molecule has 1 saturated heterocycles. The first kappa shape index (κ1) is 20.6. The van der Waals surface area contributed by atoms with Gasteiger partial charge in [0.25, 0.3) is 21.8 Å². The molecule has 0 unspecified atom stereocenters. The molecule has 1 aliphatic rings. The van der Waals surface area contributed by atoms with Crippen LogP contribution >= 0.6 is 0 Å². The van der Waals surface area contributed by atoms with Gasteiger partial charge in [0, 0.05) is 24.2 Å². The first-order chi connectivity index (χ1) is 13.6. The average Bonchev–Trinajstić information content (AvgIpc) is 3.11. The summed E-state index contributed by atoms with van der Waals surface area (Å²) in [5.74, 6) is -0.807. The number of amides is 2. The monoisotopic (exact) mass is 419 g/mol. The number of carbonyl (C=O) groups is 2. The van der Waals surface area contributed by atoms with Gasteiger partial charge in [0.15, 0.2) is 5.60 Å². The minimum absolute atomic E-state index is 0.0328. The number of rotatable bonds is 6. The molecular weight excluding hydrogens is 398 g/mol. The summed E-state index contributed by atoms with van der Waals surface area (Å²) in [6.07, 6.45) is 0.0328. The number of nitrogens with two attached hydrogens (primary N) is 1. The summed E-state index contributed by atoms with van der Waals surface area (Å²) >= 11 is 0. The van der Waals surface area contributed by atoms with Crippen molar-refractivity contribution in [1.82, 2.24) is 4.90 Å². The highest BCUT2D eigenvalue weighted by atomic mass is 32.2. The first-order valence-corrected chi connectivity index (χ1v) is 10.2. The number of aliphatic hydroxyl groups is 1. The lowest BCUT2D eigenvalue weighted by atomic mass is 10.0. The second-order valence-corrected chi connectivity index (χ2v) is 8.42. The highest BCUT2D eigenvalue weighted by Gasteiger charge is 2.43. The molecule has 0 saturated carbocycles. The van der Waals surface area contributed by atoms with Crippen molar-refractivity contribution in [1.29, 1.82) is 0 Å². The topological polar surface area (TPSA) is 139 Å². The van der Waals surface area contributed by atoms with Crippen molar-refractivity contribution >= 4 is 27.5 Å². The van der Waals surface area contributed by atoms with Crippen molar-refractivity contribution in [3.05, 3.63) is 54.1 Å². The number of hydrogen-bond donors (Lipinski definition) is 3. The Morgan fingerprint density at radius 1 is 1.21 bits per heavy atom. The molecule has 4 N–H and O–H groups in total. The summed E-state index contributed by atoms with van der Waals surface area (Å²) in [6, 6.07) is 11.9. The van der Waals surface area contributed by atoms with Crippen LogP contribution < -0.4 is 15.2 Å². The maximum Gasteiger partial charge on any atom is 0.261 e. The van der Waals surface area contributed by atoms with Gasteiger partial charge in [-0.2, -0.15) is 0 Å². The van der Waals surface area contributed by atoms with Crippen molar-refractivity contribution in [2.75, 3.05) is 24.9 Å². The third kappa shape index (κ3) is 4.33. The van der Waals surface area contributed by atoms with E-state index in [0.717, 1.165) is 0 Å². The van der Waals surface area contributed by atoms with E-state index < -0.39 is 27.4 Å². The lowest BCUT2D eigenvalue weighted by Crippen LogP contribution is -2.46. The van der Waals surface area contributed by atoms with Crippen LogP contribution in [0.2, 0.25) is 0 Å². The lowest BCUT2D eigenvalue weighted by molar-refractivity contribution is -0.134. The summed E-state index contributed by atoms with van der Waals surface area (Å²) in [5, 5.41) is 10.1. The fourth-order valence-electron chi connectivity index (χ4n) is 3.02. The predicted octanol–water partition coefficient (Wildman–Crippen LogP) is 0.558. The first-order valence-electron chi connectivity index (χ1n) is 8.73. The quantitative estimate of drug-likeness (QED) is 0.625. The van der Waals surface area contributed by atoms with E-state index >= 15 is 0 Å². The molecular formula is C19H21N3O6S. The zero-order valence-corrected chi connectivity index (χ0v) is 16.5. The molecule has 0 aliphatic carbocycles. The maximum absolute atomic E-state index is 12.7. The van der Waals surface area contributed by atoms with Crippen LogP contribution in [0.3, 0.4) is 0 Å². The molecule has 2 amide bonds. The van der Waals surface area contributed by atoms with Gasteiger partial charge in [0.05, 0.1) is 18.6 Å². The zero-order valence-electron chi connectivity index (χ0n) is 15.7. The van der Waals surface area contributed by atoms with E-state index in [2.05, 4.69) is 4.72 Å². The van der Waals surface area contributed by atoms with Gasteiger partial charge < -0.3 is 20.5 Å². The number of likely N-dealkylation sites (tertiary alicyclic amines) is 1. The lowest BCUT2D eigenvalue weighted by Gasteiger charge is -2.20. The minimum atomic E-state index is -3.93. The number of carbonyl (C=O) groups excluding carboxylic acids is 2. The Balaban J connectivity index is 1.79. The van der Waals surface area contributed by atoms with Gasteiger partial charge in [0.2, 0.25) is 0 Å². The number of nitrogens with one attached hydrogen (secondary N) is 1. The van der Waals surface area contributed by atoms with Gasteiger partial charge in [-0.15, -0.1) is 0 Å². The summed E-state index contributed by atoms with van der Waals surface area (Å²) in [4.78, 5) is 25.2. The van der Waals surface area contributed by atoms with Gasteiger partial charge in [-0.3, -0.25) is 14.3 Å². The van der Waals surface area contributed by atoms with Gasteiger partial charge >= 0.3 is 0 Å². The average molecular weight is 419 g/mol. The number of sulfonamides is 1. The highest BCUT2D eigenvalue weighted by molar-refractivity contribution is 7.92. The van der Waals surface area contributed by atoms with Crippen molar-refractivity contribution in [3.8, 4) is 5.75 Å². The van der Waals surface area contributed by atoms with E-state index in [0.29, 0.717) is 11.4 Å². The van der Waals surface area contributed by atoms with E-state index in [9.17, 15) is 23.1 Å². The SMILES string of the molecule is COc1ccc(NS(=O)(=O)c2cccc(C(=O)N3CC[C@](O)(C(N)=O)C3)c2)cc1. The molecule has 0 aromatic heterocycles. The van der Waals surface area contributed by atoms with Crippen LogP contribution in [0.5, 0.6) is 5.75 Å². The third-order valence-corrected chi connectivity index (χ3v) is 6.11. The normalized spacial score (nSPS) is 19.0. The fourth-order valence-corrected chi connectivity index (χ4v) is 4.12.